The first-order valence-electron chi connectivity index (χ1n) is 8.03. The summed E-state index contributed by atoms with van der Waals surface area (Å²) in [4.78, 5) is 23.2. The van der Waals surface area contributed by atoms with Gasteiger partial charge in [-0.15, -0.1) is 0 Å². The van der Waals surface area contributed by atoms with Gasteiger partial charge in [-0.1, -0.05) is 23.9 Å². The lowest BCUT2D eigenvalue weighted by Crippen LogP contribution is -2.25. The summed E-state index contributed by atoms with van der Waals surface area (Å²) in [5, 5.41) is 2.49. The van der Waals surface area contributed by atoms with Gasteiger partial charge in [0.2, 0.25) is 5.91 Å². The Morgan fingerprint density at radius 2 is 1.85 bits per heavy atom. The van der Waals surface area contributed by atoms with Gasteiger partial charge in [-0.3, -0.25) is 14.9 Å². The van der Waals surface area contributed by atoms with Crippen LogP contribution >= 0.6 is 11.8 Å². The molecule has 1 aliphatic rings. The number of nitrogens with zero attached hydrogens (tertiary/aromatic N) is 1. The van der Waals surface area contributed by atoms with E-state index in [0.29, 0.717) is 18.5 Å². The summed E-state index contributed by atoms with van der Waals surface area (Å²) in [5.41, 5.74) is 2.39. The molecule has 1 unspecified atom stereocenters. The van der Waals surface area contributed by atoms with E-state index in [9.17, 15) is 18.4 Å². The van der Waals surface area contributed by atoms with E-state index in [-0.39, 0.29) is 11.1 Å². The molecule has 1 aromatic heterocycles. The zero-order valence-electron chi connectivity index (χ0n) is 13.5. The topological polar surface area (TPSA) is 51.1 Å². The normalized spacial score (nSPS) is 17.1. The third-order valence-electron chi connectivity index (χ3n) is 4.35. The predicted octanol–water partition coefficient (Wildman–Crippen LogP) is 3.86. The van der Waals surface area contributed by atoms with Crippen molar-refractivity contribution in [3.8, 4) is 0 Å². The van der Waals surface area contributed by atoms with Gasteiger partial charge in [0.05, 0.1) is 5.25 Å². The van der Waals surface area contributed by atoms with Gasteiger partial charge in [0.1, 0.15) is 11.6 Å². The van der Waals surface area contributed by atoms with Crippen molar-refractivity contribution in [3.05, 3.63) is 71.4 Å². The quantitative estimate of drug-likeness (QED) is 0.757. The van der Waals surface area contributed by atoms with Crippen LogP contribution in [0.3, 0.4) is 0 Å². The molecule has 1 aliphatic heterocycles. The second-order valence-electron chi connectivity index (χ2n) is 6.16. The number of carbonyl (C=O) groups excluding carboxylic acids is 2. The van der Waals surface area contributed by atoms with Crippen LogP contribution < -0.4 is 5.32 Å². The summed E-state index contributed by atoms with van der Waals surface area (Å²) < 4.78 is 28.7. The standard InChI is InChI=1S/C19H14F2N2O2S/c20-13-6-11(7-14(21)9-13)10-23-5-4-15-12(2-1-3-16(15)23)8-17-18(24)22-19(25)26-17/h1-7,9,17H,8,10H2,(H,22,24,25). The first-order chi connectivity index (χ1) is 12.5. The first-order valence-corrected chi connectivity index (χ1v) is 8.91. The molecule has 0 spiro atoms. The van der Waals surface area contributed by atoms with Crippen LogP contribution in [0.15, 0.2) is 48.7 Å². The van der Waals surface area contributed by atoms with Gasteiger partial charge in [-0.05, 0) is 41.8 Å². The third-order valence-corrected chi connectivity index (χ3v) is 5.33. The summed E-state index contributed by atoms with van der Waals surface area (Å²) in [6.45, 7) is 0.332. The van der Waals surface area contributed by atoms with Gasteiger partial charge in [0.15, 0.2) is 0 Å². The predicted molar refractivity (Wildman–Crippen MR) is 96.0 cm³/mol. The Labute approximate surface area is 152 Å². The van der Waals surface area contributed by atoms with Crippen LogP contribution in [0.5, 0.6) is 0 Å². The molecule has 1 saturated heterocycles. The Hall–Kier alpha value is -2.67. The van der Waals surface area contributed by atoms with E-state index < -0.39 is 16.9 Å². The smallest absolute Gasteiger partial charge is 0.286 e. The van der Waals surface area contributed by atoms with Gasteiger partial charge in [-0.2, -0.15) is 0 Å². The second-order valence-corrected chi connectivity index (χ2v) is 7.33. The summed E-state index contributed by atoms with van der Waals surface area (Å²) in [5.74, 6) is -1.48. The Morgan fingerprint density at radius 1 is 1.08 bits per heavy atom. The van der Waals surface area contributed by atoms with Crippen LogP contribution in [0.2, 0.25) is 0 Å². The van der Waals surface area contributed by atoms with Crippen molar-refractivity contribution in [2.45, 2.75) is 18.2 Å². The molecule has 0 aliphatic carbocycles. The minimum absolute atomic E-state index is 0.272. The molecular weight excluding hydrogens is 358 g/mol. The molecule has 4 rings (SSSR count). The number of fused-ring (bicyclic) bond motifs is 1. The minimum atomic E-state index is -0.605. The number of benzene rings is 2. The Morgan fingerprint density at radius 3 is 2.54 bits per heavy atom. The fourth-order valence-electron chi connectivity index (χ4n) is 3.23. The number of amides is 2. The maximum absolute atomic E-state index is 13.4. The van der Waals surface area contributed by atoms with Crippen LogP contribution in [0.4, 0.5) is 13.6 Å². The van der Waals surface area contributed by atoms with Crippen molar-refractivity contribution in [2.75, 3.05) is 0 Å². The van der Waals surface area contributed by atoms with Crippen molar-refractivity contribution >= 4 is 33.8 Å². The highest BCUT2D eigenvalue weighted by Gasteiger charge is 2.31. The highest BCUT2D eigenvalue weighted by Crippen LogP contribution is 2.28. The average Bonchev–Trinajstić information content (AvgIpc) is 3.11. The number of rotatable bonds is 4. The molecule has 2 heterocycles. The molecule has 26 heavy (non-hydrogen) atoms. The van der Waals surface area contributed by atoms with Crippen LogP contribution in [0.25, 0.3) is 10.9 Å². The summed E-state index contributed by atoms with van der Waals surface area (Å²) in [7, 11) is 0. The summed E-state index contributed by atoms with van der Waals surface area (Å²) in [6, 6.07) is 11.1. The van der Waals surface area contributed by atoms with Crippen molar-refractivity contribution in [1.82, 2.24) is 9.88 Å². The number of hydrogen-bond donors (Lipinski definition) is 1. The van der Waals surface area contributed by atoms with Crippen LogP contribution in [-0.4, -0.2) is 21.0 Å². The van der Waals surface area contributed by atoms with Gasteiger partial charge in [-0.25, -0.2) is 8.78 Å². The van der Waals surface area contributed by atoms with E-state index in [1.807, 2.05) is 35.0 Å². The molecule has 1 atom stereocenters. The van der Waals surface area contributed by atoms with Crippen LogP contribution in [0, 0.1) is 11.6 Å². The number of hydrogen-bond acceptors (Lipinski definition) is 3. The van der Waals surface area contributed by atoms with Crippen molar-refractivity contribution in [1.29, 1.82) is 0 Å². The van der Waals surface area contributed by atoms with E-state index in [0.717, 1.165) is 34.3 Å². The number of carbonyl (C=O) groups is 2. The molecule has 0 saturated carbocycles. The Balaban J connectivity index is 1.64. The van der Waals surface area contributed by atoms with E-state index in [4.69, 9.17) is 0 Å². The zero-order valence-corrected chi connectivity index (χ0v) is 14.4. The molecule has 2 amide bonds. The molecular formula is C19H14F2N2O2S. The summed E-state index contributed by atoms with van der Waals surface area (Å²) in [6.07, 6.45) is 2.29. The molecule has 1 fully saturated rings. The average molecular weight is 372 g/mol. The summed E-state index contributed by atoms with van der Waals surface area (Å²) >= 11 is 1.000. The Kier molecular flexibility index (Phi) is 4.24. The number of imide groups is 1. The number of nitrogens with one attached hydrogen (secondary N) is 1. The number of aromatic nitrogens is 1. The molecule has 4 nitrogen and oxygen atoms in total. The number of halogens is 2. The second kappa shape index (κ2) is 6.57. The van der Waals surface area contributed by atoms with E-state index in [1.165, 1.54) is 12.1 Å². The maximum Gasteiger partial charge on any atom is 0.286 e. The largest absolute Gasteiger partial charge is 0.343 e. The first kappa shape index (κ1) is 16.8. The van der Waals surface area contributed by atoms with Gasteiger partial charge in [0.25, 0.3) is 5.24 Å². The molecule has 2 aromatic carbocycles. The van der Waals surface area contributed by atoms with Gasteiger partial charge < -0.3 is 4.57 Å². The molecule has 3 aromatic rings. The van der Waals surface area contributed by atoms with Gasteiger partial charge in [0, 0.05) is 29.7 Å². The molecule has 0 bridgehead atoms. The fourth-order valence-corrected chi connectivity index (χ4v) is 4.08. The molecule has 1 N–H and O–H groups in total. The zero-order chi connectivity index (χ0) is 18.3. The van der Waals surface area contributed by atoms with Crippen molar-refractivity contribution in [2.24, 2.45) is 0 Å². The third kappa shape index (κ3) is 3.22. The Bertz CT molecular complexity index is 1010. The van der Waals surface area contributed by atoms with Crippen molar-refractivity contribution < 1.29 is 18.4 Å². The van der Waals surface area contributed by atoms with Gasteiger partial charge >= 0.3 is 0 Å². The lowest BCUT2D eigenvalue weighted by atomic mass is 10.0. The highest BCUT2D eigenvalue weighted by atomic mass is 32.2. The SMILES string of the molecule is O=C1NC(=O)C(Cc2cccc3c2ccn3Cc2cc(F)cc(F)c2)S1. The van der Waals surface area contributed by atoms with E-state index in [2.05, 4.69) is 5.32 Å². The monoisotopic (exact) mass is 372 g/mol. The van der Waals surface area contributed by atoms with Crippen molar-refractivity contribution in [3.63, 3.8) is 0 Å². The maximum atomic E-state index is 13.4. The van der Waals surface area contributed by atoms with E-state index >= 15 is 0 Å². The highest BCUT2D eigenvalue weighted by molar-refractivity contribution is 8.15. The lowest BCUT2D eigenvalue weighted by Gasteiger charge is -2.09. The fraction of sp³-hybridized carbons (Fsp3) is 0.158. The number of thioether (sulfide) groups is 1. The molecule has 0 radical (unpaired) electrons. The molecule has 7 heteroatoms. The van der Waals surface area contributed by atoms with E-state index in [1.54, 1.807) is 0 Å². The molecule has 132 valence electrons. The van der Waals surface area contributed by atoms with Crippen LogP contribution in [-0.2, 0) is 17.8 Å². The van der Waals surface area contributed by atoms with Crippen LogP contribution in [0.1, 0.15) is 11.1 Å². The minimum Gasteiger partial charge on any atom is -0.343 e. The lowest BCUT2D eigenvalue weighted by molar-refractivity contribution is -0.118.